The highest BCUT2D eigenvalue weighted by Gasteiger charge is 2.20. The maximum Gasteiger partial charge on any atom is 0.180 e. The Kier molecular flexibility index (Phi) is 4.71. The van der Waals surface area contributed by atoms with Gasteiger partial charge in [-0.3, -0.25) is 5.32 Å². The van der Waals surface area contributed by atoms with Gasteiger partial charge >= 0.3 is 0 Å². The normalized spacial score (nSPS) is 19.1. The van der Waals surface area contributed by atoms with Gasteiger partial charge in [-0.05, 0) is 32.7 Å². The molecular formula is C13H20ClN5. The zero-order valence-corrected chi connectivity index (χ0v) is 12.4. The zero-order chi connectivity index (χ0) is 13.8. The van der Waals surface area contributed by atoms with Crippen LogP contribution in [-0.2, 0) is 0 Å². The summed E-state index contributed by atoms with van der Waals surface area (Å²) < 4.78 is 1.92. The van der Waals surface area contributed by atoms with Gasteiger partial charge in [0, 0.05) is 0 Å². The molecule has 1 saturated heterocycles. The Labute approximate surface area is 118 Å². The van der Waals surface area contributed by atoms with E-state index in [1.807, 2.05) is 25.5 Å². The van der Waals surface area contributed by atoms with Gasteiger partial charge in [-0.2, -0.15) is 5.10 Å². The lowest BCUT2D eigenvalue weighted by Gasteiger charge is -2.23. The minimum atomic E-state index is 0.215. The SMILES string of the molecule is CC.Cc1nn(C2CCCCN2)c2nc(Cl)cnc12. The molecule has 5 nitrogen and oxygen atoms in total. The third-order valence-electron chi connectivity index (χ3n) is 3.12. The van der Waals surface area contributed by atoms with Crippen LogP contribution in [0.1, 0.15) is 45.0 Å². The molecule has 0 spiro atoms. The molecule has 1 aliphatic rings. The summed E-state index contributed by atoms with van der Waals surface area (Å²) in [6, 6.07) is 0. The highest BCUT2D eigenvalue weighted by molar-refractivity contribution is 6.29. The molecule has 0 aliphatic carbocycles. The molecule has 104 valence electrons. The van der Waals surface area contributed by atoms with Crippen LogP contribution >= 0.6 is 11.6 Å². The van der Waals surface area contributed by atoms with Crippen molar-refractivity contribution in [2.24, 2.45) is 0 Å². The summed E-state index contributed by atoms with van der Waals surface area (Å²) in [4.78, 5) is 8.63. The van der Waals surface area contributed by atoms with Gasteiger partial charge in [0.05, 0.1) is 11.9 Å². The smallest absolute Gasteiger partial charge is 0.180 e. The number of halogens is 1. The number of hydrogen-bond acceptors (Lipinski definition) is 4. The molecule has 2 aromatic rings. The standard InChI is InChI=1S/C11H14ClN5.C2H6/c1-7-10-11(15-8(12)6-14-10)17(16-7)9-4-2-3-5-13-9;1-2/h6,9,13H,2-5H2,1H3;1-2H3. The van der Waals surface area contributed by atoms with Crippen LogP contribution in [0.2, 0.25) is 5.15 Å². The van der Waals surface area contributed by atoms with Gasteiger partial charge in [-0.15, -0.1) is 0 Å². The van der Waals surface area contributed by atoms with Crippen LogP contribution in [-0.4, -0.2) is 26.3 Å². The molecule has 1 N–H and O–H groups in total. The first kappa shape index (κ1) is 14.2. The topological polar surface area (TPSA) is 55.6 Å². The summed E-state index contributed by atoms with van der Waals surface area (Å²) in [5.74, 6) is 0. The van der Waals surface area contributed by atoms with Crippen LogP contribution in [0.3, 0.4) is 0 Å². The second-order valence-corrected chi connectivity index (χ2v) is 4.75. The lowest BCUT2D eigenvalue weighted by Crippen LogP contribution is -2.32. The Morgan fingerprint density at radius 3 is 2.84 bits per heavy atom. The minimum Gasteiger partial charge on any atom is -0.296 e. The van der Waals surface area contributed by atoms with Crippen LogP contribution < -0.4 is 5.32 Å². The van der Waals surface area contributed by atoms with E-state index in [2.05, 4.69) is 20.4 Å². The number of hydrogen-bond donors (Lipinski definition) is 1. The largest absolute Gasteiger partial charge is 0.296 e. The van der Waals surface area contributed by atoms with E-state index < -0.39 is 0 Å². The van der Waals surface area contributed by atoms with Gasteiger partial charge in [-0.1, -0.05) is 25.4 Å². The second kappa shape index (κ2) is 6.30. The van der Waals surface area contributed by atoms with Crippen molar-refractivity contribution in [2.45, 2.75) is 46.2 Å². The van der Waals surface area contributed by atoms with Gasteiger partial charge in [0.25, 0.3) is 0 Å². The number of nitrogens with one attached hydrogen (secondary N) is 1. The minimum absolute atomic E-state index is 0.215. The number of fused-ring (bicyclic) bond motifs is 1. The Hall–Kier alpha value is -1.20. The van der Waals surface area contributed by atoms with Crippen LogP contribution in [0.15, 0.2) is 6.20 Å². The van der Waals surface area contributed by atoms with E-state index in [0.717, 1.165) is 29.8 Å². The van der Waals surface area contributed by atoms with Crippen molar-refractivity contribution in [1.29, 1.82) is 0 Å². The van der Waals surface area contributed by atoms with Gasteiger partial charge in [0.2, 0.25) is 0 Å². The van der Waals surface area contributed by atoms with Crippen molar-refractivity contribution < 1.29 is 0 Å². The lowest BCUT2D eigenvalue weighted by molar-refractivity contribution is 0.303. The lowest BCUT2D eigenvalue weighted by atomic mass is 10.1. The number of aromatic nitrogens is 4. The number of rotatable bonds is 1. The number of aryl methyl sites for hydroxylation is 1. The molecule has 1 fully saturated rings. The molecule has 1 unspecified atom stereocenters. The third-order valence-corrected chi connectivity index (χ3v) is 3.30. The number of nitrogens with zero attached hydrogens (tertiary/aromatic N) is 4. The maximum absolute atomic E-state index is 5.90. The van der Waals surface area contributed by atoms with E-state index in [1.54, 1.807) is 6.20 Å². The third kappa shape index (κ3) is 2.87. The molecule has 0 aromatic carbocycles. The number of piperidine rings is 1. The van der Waals surface area contributed by atoms with Crippen molar-refractivity contribution in [2.75, 3.05) is 6.54 Å². The van der Waals surface area contributed by atoms with E-state index in [4.69, 9.17) is 11.6 Å². The molecule has 3 rings (SSSR count). The highest BCUT2D eigenvalue weighted by atomic mass is 35.5. The first-order valence-electron chi connectivity index (χ1n) is 6.86. The molecule has 1 atom stereocenters. The summed E-state index contributed by atoms with van der Waals surface area (Å²) in [5, 5.41) is 8.39. The van der Waals surface area contributed by atoms with E-state index in [1.165, 1.54) is 12.8 Å². The average Bonchev–Trinajstić information content (AvgIpc) is 2.79. The summed E-state index contributed by atoms with van der Waals surface area (Å²) in [6.45, 7) is 6.98. The maximum atomic E-state index is 5.90. The van der Waals surface area contributed by atoms with E-state index in [-0.39, 0.29) is 6.17 Å². The first-order valence-corrected chi connectivity index (χ1v) is 7.24. The predicted octanol–water partition coefficient (Wildman–Crippen LogP) is 3.09. The molecular weight excluding hydrogens is 262 g/mol. The molecule has 3 heterocycles. The highest BCUT2D eigenvalue weighted by Crippen LogP contribution is 2.23. The van der Waals surface area contributed by atoms with Crippen LogP contribution in [0.4, 0.5) is 0 Å². The van der Waals surface area contributed by atoms with Gasteiger partial charge in [0.1, 0.15) is 16.8 Å². The van der Waals surface area contributed by atoms with E-state index in [9.17, 15) is 0 Å². The van der Waals surface area contributed by atoms with Crippen molar-refractivity contribution in [3.63, 3.8) is 0 Å². The average molecular weight is 282 g/mol. The van der Waals surface area contributed by atoms with Crippen molar-refractivity contribution in [1.82, 2.24) is 25.1 Å². The van der Waals surface area contributed by atoms with E-state index >= 15 is 0 Å². The van der Waals surface area contributed by atoms with Crippen molar-refractivity contribution in [3.05, 3.63) is 17.0 Å². The van der Waals surface area contributed by atoms with Crippen LogP contribution in [0.25, 0.3) is 11.2 Å². The van der Waals surface area contributed by atoms with Crippen molar-refractivity contribution >= 4 is 22.8 Å². The quantitative estimate of drug-likeness (QED) is 0.873. The molecule has 0 radical (unpaired) electrons. The molecule has 0 amide bonds. The Bertz CT molecular complexity index is 545. The fourth-order valence-electron chi connectivity index (χ4n) is 2.29. The molecule has 2 aromatic heterocycles. The van der Waals surface area contributed by atoms with Gasteiger partial charge < -0.3 is 0 Å². The first-order chi connectivity index (χ1) is 9.25. The summed E-state index contributed by atoms with van der Waals surface area (Å²) in [6.07, 6.45) is 5.29. The van der Waals surface area contributed by atoms with Crippen LogP contribution in [0, 0.1) is 6.92 Å². The summed E-state index contributed by atoms with van der Waals surface area (Å²) >= 11 is 5.90. The molecule has 6 heteroatoms. The zero-order valence-electron chi connectivity index (χ0n) is 11.6. The fourth-order valence-corrected chi connectivity index (χ4v) is 2.42. The van der Waals surface area contributed by atoms with Gasteiger partial charge in [0.15, 0.2) is 5.65 Å². The summed E-state index contributed by atoms with van der Waals surface area (Å²) in [5.41, 5.74) is 2.51. The Morgan fingerprint density at radius 2 is 2.16 bits per heavy atom. The van der Waals surface area contributed by atoms with E-state index in [0.29, 0.717) is 5.15 Å². The Balaban J connectivity index is 0.000000637. The molecule has 0 bridgehead atoms. The molecule has 0 saturated carbocycles. The molecule has 19 heavy (non-hydrogen) atoms. The monoisotopic (exact) mass is 281 g/mol. The second-order valence-electron chi connectivity index (χ2n) is 4.36. The van der Waals surface area contributed by atoms with Crippen molar-refractivity contribution in [3.8, 4) is 0 Å². The Morgan fingerprint density at radius 1 is 1.37 bits per heavy atom. The van der Waals surface area contributed by atoms with Gasteiger partial charge in [-0.25, -0.2) is 14.6 Å². The summed E-state index contributed by atoms with van der Waals surface area (Å²) in [7, 11) is 0. The molecule has 1 aliphatic heterocycles. The predicted molar refractivity (Wildman–Crippen MR) is 77.3 cm³/mol. The van der Waals surface area contributed by atoms with Crippen LogP contribution in [0.5, 0.6) is 0 Å². The fraction of sp³-hybridized carbons (Fsp3) is 0.615.